The molecule has 2 atom stereocenters. The highest BCUT2D eigenvalue weighted by atomic mass is 35.5. The average Bonchev–Trinajstić information content (AvgIpc) is 2.87. The van der Waals surface area contributed by atoms with Gasteiger partial charge in [-0.25, -0.2) is 9.18 Å². The zero-order valence-electron chi connectivity index (χ0n) is 22.0. The van der Waals surface area contributed by atoms with E-state index in [1.165, 1.54) is 17.0 Å². The van der Waals surface area contributed by atoms with E-state index in [0.29, 0.717) is 49.2 Å². The van der Waals surface area contributed by atoms with Gasteiger partial charge in [-0.3, -0.25) is 4.79 Å². The maximum absolute atomic E-state index is 13.8. The van der Waals surface area contributed by atoms with Crippen LogP contribution < -0.4 is 10.6 Å². The van der Waals surface area contributed by atoms with Crippen molar-refractivity contribution >= 4 is 24.3 Å². The van der Waals surface area contributed by atoms with Gasteiger partial charge in [0.1, 0.15) is 5.82 Å². The molecule has 4 rings (SSSR count). The van der Waals surface area contributed by atoms with Crippen molar-refractivity contribution in [3.63, 3.8) is 0 Å². The molecule has 226 valence electrons. The third kappa shape index (κ3) is 7.82. The topological polar surface area (TPSA) is 64.7 Å². The SMILES string of the molecule is Cc1cc(F)ccc1[C@H]1C[C@H](N2CCNCC2=O)CCN1C(=O)NCCc1cc(C(F)(F)F)cc(C(F)(F)F)c1.Cl. The molecule has 2 aromatic rings. The lowest BCUT2D eigenvalue weighted by molar-refractivity contribution is -0.143. The standard InChI is InChI=1S/C27H29F7N4O2.ClH/c1-16-10-20(28)2-3-22(16)23-14-21(37-9-7-35-15-24(37)39)5-8-38(23)25(40)36-6-4-17-11-18(26(29,30)31)13-19(12-17)27(32,33)34;/h2-3,10-13,21,23,35H,4-9,14-15H2,1H3,(H,36,40);1H/t21-,23-;/m1./s1. The molecule has 2 aliphatic heterocycles. The summed E-state index contributed by atoms with van der Waals surface area (Å²) in [5, 5.41) is 5.63. The second kappa shape index (κ2) is 12.8. The number of piperazine rings is 1. The van der Waals surface area contributed by atoms with E-state index in [-0.39, 0.29) is 62.0 Å². The van der Waals surface area contributed by atoms with Gasteiger partial charge in [0.15, 0.2) is 0 Å². The molecule has 0 aliphatic carbocycles. The number of hydrogen-bond donors (Lipinski definition) is 2. The Hall–Kier alpha value is -3.06. The van der Waals surface area contributed by atoms with E-state index in [9.17, 15) is 40.3 Å². The lowest BCUT2D eigenvalue weighted by Crippen LogP contribution is -2.57. The van der Waals surface area contributed by atoms with E-state index in [0.717, 1.165) is 0 Å². The minimum atomic E-state index is -4.96. The smallest absolute Gasteiger partial charge is 0.338 e. The maximum atomic E-state index is 13.8. The number of amides is 3. The van der Waals surface area contributed by atoms with Crippen molar-refractivity contribution in [3.8, 4) is 0 Å². The Morgan fingerprint density at radius 1 is 1.02 bits per heavy atom. The molecular weight excluding hydrogens is 581 g/mol. The summed E-state index contributed by atoms with van der Waals surface area (Å²) >= 11 is 0. The van der Waals surface area contributed by atoms with Crippen molar-refractivity contribution in [2.75, 3.05) is 32.7 Å². The number of alkyl halides is 6. The quantitative estimate of drug-likeness (QED) is 0.441. The third-order valence-corrected chi connectivity index (χ3v) is 7.33. The van der Waals surface area contributed by atoms with Crippen molar-refractivity contribution in [1.82, 2.24) is 20.4 Å². The first-order chi connectivity index (χ1) is 18.7. The Balaban J connectivity index is 0.00000462. The molecule has 3 amide bonds. The highest BCUT2D eigenvalue weighted by Gasteiger charge is 2.39. The number of piperidine rings is 1. The number of halogens is 8. The van der Waals surface area contributed by atoms with Gasteiger partial charge in [0.2, 0.25) is 5.91 Å². The molecule has 0 radical (unpaired) electrons. The van der Waals surface area contributed by atoms with Crippen LogP contribution in [0.3, 0.4) is 0 Å². The summed E-state index contributed by atoms with van der Waals surface area (Å²) in [6.07, 6.45) is -9.30. The number of rotatable bonds is 5. The second-order valence-electron chi connectivity index (χ2n) is 10.0. The van der Waals surface area contributed by atoms with Crippen LogP contribution in [0.2, 0.25) is 0 Å². The summed E-state index contributed by atoms with van der Waals surface area (Å²) in [7, 11) is 0. The highest BCUT2D eigenvalue weighted by Crippen LogP contribution is 2.37. The van der Waals surface area contributed by atoms with E-state index in [1.807, 2.05) is 0 Å². The fraction of sp³-hybridized carbons (Fsp3) is 0.481. The van der Waals surface area contributed by atoms with Crippen LogP contribution in [0.25, 0.3) is 0 Å². The third-order valence-electron chi connectivity index (χ3n) is 7.33. The molecule has 0 aromatic heterocycles. The summed E-state index contributed by atoms with van der Waals surface area (Å²) in [5.74, 6) is -0.496. The number of benzene rings is 2. The van der Waals surface area contributed by atoms with Gasteiger partial charge >= 0.3 is 18.4 Å². The second-order valence-corrected chi connectivity index (χ2v) is 10.0. The number of aryl methyl sites for hydroxylation is 1. The number of nitrogens with zero attached hydrogens (tertiary/aromatic N) is 2. The molecule has 2 heterocycles. The van der Waals surface area contributed by atoms with Crippen molar-refractivity contribution in [1.29, 1.82) is 0 Å². The zero-order valence-corrected chi connectivity index (χ0v) is 22.9. The fourth-order valence-corrected chi connectivity index (χ4v) is 5.37. The van der Waals surface area contributed by atoms with Gasteiger partial charge in [-0.05, 0) is 73.2 Å². The molecular formula is C27H30ClF7N4O2. The Labute approximate surface area is 238 Å². The van der Waals surface area contributed by atoms with E-state index >= 15 is 0 Å². The van der Waals surface area contributed by atoms with E-state index in [1.54, 1.807) is 17.9 Å². The van der Waals surface area contributed by atoms with Gasteiger partial charge in [-0.2, -0.15) is 26.3 Å². The molecule has 0 saturated carbocycles. The fourth-order valence-electron chi connectivity index (χ4n) is 5.37. The molecule has 14 heteroatoms. The minimum absolute atomic E-state index is 0. The van der Waals surface area contributed by atoms with Crippen molar-refractivity contribution in [2.45, 2.75) is 50.6 Å². The molecule has 2 fully saturated rings. The molecule has 2 N–H and O–H groups in total. The number of urea groups is 1. The van der Waals surface area contributed by atoms with Crippen molar-refractivity contribution in [3.05, 3.63) is 70.0 Å². The molecule has 0 unspecified atom stereocenters. The van der Waals surface area contributed by atoms with E-state index in [4.69, 9.17) is 0 Å². The van der Waals surface area contributed by atoms with Crippen molar-refractivity contribution in [2.24, 2.45) is 0 Å². The summed E-state index contributed by atoms with van der Waals surface area (Å²) in [5.41, 5.74) is -1.75. The van der Waals surface area contributed by atoms with Crippen LogP contribution in [0.4, 0.5) is 35.5 Å². The van der Waals surface area contributed by atoms with Crippen LogP contribution in [0, 0.1) is 12.7 Å². The van der Waals surface area contributed by atoms with Gasteiger partial charge in [0.05, 0.1) is 23.7 Å². The molecule has 2 aromatic carbocycles. The molecule has 0 spiro atoms. The zero-order chi connectivity index (χ0) is 29.2. The summed E-state index contributed by atoms with van der Waals surface area (Å²) in [4.78, 5) is 29.0. The summed E-state index contributed by atoms with van der Waals surface area (Å²) in [6, 6.07) is 4.32. The number of hydrogen-bond acceptors (Lipinski definition) is 3. The van der Waals surface area contributed by atoms with E-state index < -0.39 is 41.4 Å². The first-order valence-corrected chi connectivity index (χ1v) is 12.8. The van der Waals surface area contributed by atoms with Crippen LogP contribution in [-0.2, 0) is 23.6 Å². The Kier molecular flexibility index (Phi) is 10.2. The van der Waals surface area contributed by atoms with Gasteiger partial charge in [0.25, 0.3) is 0 Å². The summed E-state index contributed by atoms with van der Waals surface area (Å²) in [6.45, 7) is 3.12. The Bertz CT molecular complexity index is 1220. The predicted octanol–water partition coefficient (Wildman–Crippen LogP) is 5.48. The Morgan fingerprint density at radius 3 is 2.27 bits per heavy atom. The molecule has 6 nitrogen and oxygen atoms in total. The molecule has 41 heavy (non-hydrogen) atoms. The van der Waals surface area contributed by atoms with Gasteiger partial charge < -0.3 is 20.4 Å². The Morgan fingerprint density at radius 2 is 1.68 bits per heavy atom. The average molecular weight is 611 g/mol. The highest BCUT2D eigenvalue weighted by molar-refractivity contribution is 5.85. The largest absolute Gasteiger partial charge is 0.416 e. The molecule has 2 aliphatic rings. The van der Waals surface area contributed by atoms with Crippen LogP contribution in [0.5, 0.6) is 0 Å². The first kappa shape index (κ1) is 32.5. The lowest BCUT2D eigenvalue weighted by atomic mass is 9.88. The van der Waals surface area contributed by atoms with Gasteiger partial charge in [0, 0.05) is 32.2 Å². The maximum Gasteiger partial charge on any atom is 0.416 e. The normalized spacial score (nSPS) is 20.0. The summed E-state index contributed by atoms with van der Waals surface area (Å²) < 4.78 is 92.9. The molecule has 0 bridgehead atoms. The number of nitrogens with one attached hydrogen (secondary N) is 2. The lowest BCUT2D eigenvalue weighted by Gasteiger charge is -2.45. The first-order valence-electron chi connectivity index (χ1n) is 12.8. The van der Waals surface area contributed by atoms with E-state index in [2.05, 4.69) is 10.6 Å². The number of carbonyl (C=O) groups excluding carboxylic acids is 2. The minimum Gasteiger partial charge on any atom is -0.338 e. The van der Waals surface area contributed by atoms with Crippen LogP contribution in [0.15, 0.2) is 36.4 Å². The van der Waals surface area contributed by atoms with Crippen LogP contribution >= 0.6 is 12.4 Å². The number of carbonyl (C=O) groups is 2. The van der Waals surface area contributed by atoms with Gasteiger partial charge in [-0.15, -0.1) is 12.4 Å². The predicted molar refractivity (Wildman–Crippen MR) is 139 cm³/mol. The monoisotopic (exact) mass is 610 g/mol. The van der Waals surface area contributed by atoms with Crippen molar-refractivity contribution < 1.29 is 40.3 Å². The van der Waals surface area contributed by atoms with Crippen LogP contribution in [-0.4, -0.2) is 60.5 Å². The molecule has 2 saturated heterocycles. The number of likely N-dealkylation sites (tertiary alicyclic amines) is 1. The van der Waals surface area contributed by atoms with Crippen LogP contribution in [0.1, 0.15) is 46.7 Å². The van der Waals surface area contributed by atoms with Gasteiger partial charge in [-0.1, -0.05) is 6.07 Å².